The van der Waals surface area contributed by atoms with Crippen LogP contribution in [0.25, 0.3) is 11.3 Å². The summed E-state index contributed by atoms with van der Waals surface area (Å²) in [5.41, 5.74) is 2.20. The minimum atomic E-state index is -0.208. The van der Waals surface area contributed by atoms with E-state index in [1.807, 2.05) is 44.1 Å². The molecule has 120 valence electrons. The summed E-state index contributed by atoms with van der Waals surface area (Å²) in [5.74, 6) is 0. The Balaban J connectivity index is 2.09. The number of aliphatic hydroxyl groups is 1. The monoisotopic (exact) mass is 319 g/mol. The van der Waals surface area contributed by atoms with E-state index in [0.29, 0.717) is 0 Å². The first-order chi connectivity index (χ1) is 10.6. The molecule has 1 aromatic heterocycles. The van der Waals surface area contributed by atoms with Gasteiger partial charge in [-0.15, -0.1) is 0 Å². The predicted octanol–water partition coefficient (Wildman–Crippen LogP) is 3.13. The van der Waals surface area contributed by atoms with Crippen molar-refractivity contribution >= 4 is 16.5 Å². The maximum atomic E-state index is 9.61. The van der Waals surface area contributed by atoms with Crippen molar-refractivity contribution < 1.29 is 5.11 Å². The molecule has 5 heteroatoms. The number of hydrogen-bond acceptors (Lipinski definition) is 5. The summed E-state index contributed by atoms with van der Waals surface area (Å²) in [5, 5.41) is 14.0. The van der Waals surface area contributed by atoms with Gasteiger partial charge in [-0.05, 0) is 19.4 Å². The average molecular weight is 319 g/mol. The highest BCUT2D eigenvalue weighted by molar-refractivity contribution is 7.16. The quantitative estimate of drug-likeness (QED) is 0.734. The zero-order chi connectivity index (χ0) is 15.9. The van der Waals surface area contributed by atoms with Crippen LogP contribution in [-0.2, 0) is 6.54 Å². The van der Waals surface area contributed by atoms with E-state index in [1.165, 1.54) is 4.88 Å². The van der Waals surface area contributed by atoms with E-state index in [-0.39, 0.29) is 6.10 Å². The van der Waals surface area contributed by atoms with Gasteiger partial charge in [0.1, 0.15) is 0 Å². The Morgan fingerprint density at radius 1 is 1.27 bits per heavy atom. The predicted molar refractivity (Wildman–Crippen MR) is 94.5 cm³/mol. The highest BCUT2D eigenvalue weighted by Crippen LogP contribution is 2.32. The van der Waals surface area contributed by atoms with E-state index >= 15 is 0 Å². The van der Waals surface area contributed by atoms with Gasteiger partial charge in [-0.2, -0.15) is 0 Å². The van der Waals surface area contributed by atoms with Crippen LogP contribution in [0.4, 0.5) is 5.13 Å². The molecule has 1 unspecified atom stereocenters. The second-order valence-corrected chi connectivity index (χ2v) is 6.62. The Morgan fingerprint density at radius 2 is 2.00 bits per heavy atom. The summed E-state index contributed by atoms with van der Waals surface area (Å²) in [7, 11) is 4.03. The first-order valence-corrected chi connectivity index (χ1v) is 8.54. The lowest BCUT2D eigenvalue weighted by molar-refractivity contribution is 0.160. The van der Waals surface area contributed by atoms with Gasteiger partial charge in [0.15, 0.2) is 5.13 Å². The number of rotatable bonds is 8. The number of nitrogens with one attached hydrogen (secondary N) is 1. The van der Waals surface area contributed by atoms with Crippen molar-refractivity contribution in [2.75, 3.05) is 25.5 Å². The molecule has 2 aromatic rings. The zero-order valence-electron chi connectivity index (χ0n) is 13.5. The van der Waals surface area contributed by atoms with E-state index in [1.54, 1.807) is 11.3 Å². The highest BCUT2D eigenvalue weighted by atomic mass is 32.1. The molecule has 0 saturated carbocycles. The molecular weight excluding hydrogens is 294 g/mol. The molecule has 2 rings (SSSR count). The molecule has 0 saturated heterocycles. The number of anilines is 1. The van der Waals surface area contributed by atoms with Gasteiger partial charge in [0.05, 0.1) is 11.8 Å². The standard InChI is InChI=1S/C17H25N3OS/c1-4-14(21)10-11-18-12-15-16(13-8-6-5-7-9-13)19-17(22-15)20(2)3/h5-9,14,18,21H,4,10-12H2,1-3H3. The average Bonchev–Trinajstić information content (AvgIpc) is 2.96. The smallest absolute Gasteiger partial charge is 0.185 e. The van der Waals surface area contributed by atoms with Crippen molar-refractivity contribution in [2.45, 2.75) is 32.4 Å². The van der Waals surface area contributed by atoms with Crippen molar-refractivity contribution in [3.8, 4) is 11.3 Å². The third-order valence-electron chi connectivity index (χ3n) is 3.53. The van der Waals surface area contributed by atoms with Gasteiger partial charge >= 0.3 is 0 Å². The molecule has 2 N–H and O–H groups in total. The van der Waals surface area contributed by atoms with Gasteiger partial charge in [-0.3, -0.25) is 0 Å². The van der Waals surface area contributed by atoms with Crippen LogP contribution in [0.2, 0.25) is 0 Å². The van der Waals surface area contributed by atoms with Crippen LogP contribution < -0.4 is 10.2 Å². The van der Waals surface area contributed by atoms with Crippen LogP contribution in [-0.4, -0.2) is 36.8 Å². The lowest BCUT2D eigenvalue weighted by Crippen LogP contribution is -2.19. The van der Waals surface area contributed by atoms with Gasteiger partial charge in [0.2, 0.25) is 0 Å². The maximum Gasteiger partial charge on any atom is 0.185 e. The summed E-state index contributed by atoms with van der Waals surface area (Å²) in [6.45, 7) is 3.61. The number of aromatic nitrogens is 1. The van der Waals surface area contributed by atoms with E-state index in [4.69, 9.17) is 4.98 Å². The van der Waals surface area contributed by atoms with E-state index in [2.05, 4.69) is 17.4 Å². The second kappa shape index (κ2) is 8.27. The summed E-state index contributed by atoms with van der Waals surface area (Å²) < 4.78 is 0. The van der Waals surface area contributed by atoms with Crippen LogP contribution in [0, 0.1) is 0 Å². The van der Waals surface area contributed by atoms with Crippen LogP contribution in [0.15, 0.2) is 30.3 Å². The Hall–Kier alpha value is -1.43. The van der Waals surface area contributed by atoms with Crippen molar-refractivity contribution in [1.29, 1.82) is 0 Å². The molecule has 0 aliphatic carbocycles. The van der Waals surface area contributed by atoms with Crippen LogP contribution in [0.1, 0.15) is 24.6 Å². The molecule has 1 heterocycles. The number of hydrogen-bond donors (Lipinski definition) is 2. The molecule has 0 spiro atoms. The molecule has 0 bridgehead atoms. The molecule has 0 aliphatic rings. The third kappa shape index (κ3) is 4.53. The SMILES string of the molecule is CCC(O)CCNCc1sc(N(C)C)nc1-c1ccccc1. The molecule has 0 amide bonds. The molecular formula is C17H25N3OS. The van der Waals surface area contributed by atoms with Crippen molar-refractivity contribution in [3.63, 3.8) is 0 Å². The Kier molecular flexibility index (Phi) is 6.36. The van der Waals surface area contributed by atoms with E-state index in [0.717, 1.165) is 42.3 Å². The first kappa shape index (κ1) is 16.9. The Morgan fingerprint density at radius 3 is 2.64 bits per heavy atom. The molecule has 0 radical (unpaired) electrons. The fourth-order valence-electron chi connectivity index (χ4n) is 2.15. The van der Waals surface area contributed by atoms with E-state index in [9.17, 15) is 5.11 Å². The van der Waals surface area contributed by atoms with Gasteiger partial charge in [-0.1, -0.05) is 48.6 Å². The normalized spacial score (nSPS) is 12.4. The minimum Gasteiger partial charge on any atom is -0.393 e. The minimum absolute atomic E-state index is 0.208. The molecule has 1 atom stereocenters. The van der Waals surface area contributed by atoms with Crippen LogP contribution in [0.5, 0.6) is 0 Å². The first-order valence-electron chi connectivity index (χ1n) is 7.73. The van der Waals surface area contributed by atoms with Gasteiger partial charge in [-0.25, -0.2) is 4.98 Å². The zero-order valence-corrected chi connectivity index (χ0v) is 14.4. The summed E-state index contributed by atoms with van der Waals surface area (Å²) in [6, 6.07) is 10.3. The van der Waals surface area contributed by atoms with Crippen LogP contribution in [0.3, 0.4) is 0 Å². The summed E-state index contributed by atoms with van der Waals surface area (Å²) >= 11 is 1.72. The largest absolute Gasteiger partial charge is 0.393 e. The molecule has 0 fully saturated rings. The lowest BCUT2D eigenvalue weighted by Gasteiger charge is -2.08. The number of nitrogens with zero attached hydrogens (tertiary/aromatic N) is 2. The highest BCUT2D eigenvalue weighted by Gasteiger charge is 2.14. The van der Waals surface area contributed by atoms with E-state index < -0.39 is 0 Å². The van der Waals surface area contributed by atoms with Crippen molar-refractivity contribution in [2.24, 2.45) is 0 Å². The summed E-state index contributed by atoms with van der Waals surface area (Å²) in [6.07, 6.45) is 1.39. The molecule has 22 heavy (non-hydrogen) atoms. The van der Waals surface area contributed by atoms with Crippen molar-refractivity contribution in [1.82, 2.24) is 10.3 Å². The maximum absolute atomic E-state index is 9.61. The number of benzene rings is 1. The third-order valence-corrected chi connectivity index (χ3v) is 4.75. The van der Waals surface area contributed by atoms with Gasteiger partial charge < -0.3 is 15.3 Å². The number of aliphatic hydroxyl groups excluding tert-OH is 1. The number of thiazole rings is 1. The summed E-state index contributed by atoms with van der Waals surface area (Å²) in [4.78, 5) is 8.05. The fraction of sp³-hybridized carbons (Fsp3) is 0.471. The topological polar surface area (TPSA) is 48.4 Å². The van der Waals surface area contributed by atoms with Crippen LogP contribution >= 0.6 is 11.3 Å². The second-order valence-electron chi connectivity index (χ2n) is 5.56. The Labute approximate surface area is 136 Å². The van der Waals surface area contributed by atoms with Gasteiger partial charge in [0, 0.05) is 31.1 Å². The van der Waals surface area contributed by atoms with Gasteiger partial charge in [0.25, 0.3) is 0 Å². The Bertz CT molecular complexity index is 569. The lowest BCUT2D eigenvalue weighted by atomic mass is 10.1. The fourth-order valence-corrected chi connectivity index (χ4v) is 3.12. The molecule has 0 aliphatic heterocycles. The molecule has 1 aromatic carbocycles. The molecule has 4 nitrogen and oxygen atoms in total. The van der Waals surface area contributed by atoms with Crippen molar-refractivity contribution in [3.05, 3.63) is 35.2 Å².